The summed E-state index contributed by atoms with van der Waals surface area (Å²) < 4.78 is 11.3. The lowest BCUT2D eigenvalue weighted by Gasteiger charge is -2.33. The number of carbonyl (C=O) groups excluding carboxylic acids is 1. The van der Waals surface area contributed by atoms with Crippen molar-refractivity contribution in [3.8, 4) is 5.69 Å². The summed E-state index contributed by atoms with van der Waals surface area (Å²) >= 11 is 6.05. The van der Waals surface area contributed by atoms with Crippen LogP contribution in [0, 0.1) is 13.8 Å². The number of benzene rings is 1. The van der Waals surface area contributed by atoms with Gasteiger partial charge in [-0.15, -0.1) is 5.10 Å². The highest BCUT2D eigenvalue weighted by Crippen LogP contribution is 2.23. The molecule has 0 spiro atoms. The molecule has 9 heteroatoms. The summed E-state index contributed by atoms with van der Waals surface area (Å²) in [5, 5.41) is 12.3. The van der Waals surface area contributed by atoms with Gasteiger partial charge >= 0.3 is 0 Å². The smallest absolute Gasteiger partial charge is 0.273 e. The fourth-order valence-corrected chi connectivity index (χ4v) is 3.69. The average Bonchev–Trinajstić information content (AvgIpc) is 3.35. The van der Waals surface area contributed by atoms with Crippen LogP contribution in [-0.4, -0.2) is 58.6 Å². The molecule has 3 aromatic rings. The topological polar surface area (TPSA) is 85.4 Å². The summed E-state index contributed by atoms with van der Waals surface area (Å²) in [6, 6.07) is 11.0. The Morgan fingerprint density at radius 2 is 2.00 bits per heavy atom. The van der Waals surface area contributed by atoms with E-state index in [1.54, 1.807) is 19.1 Å². The number of ether oxygens (including phenoxy) is 1. The molecule has 4 rings (SSSR count). The maximum Gasteiger partial charge on any atom is 0.273 e. The van der Waals surface area contributed by atoms with Gasteiger partial charge in [0.05, 0.1) is 30.6 Å². The van der Waals surface area contributed by atoms with Gasteiger partial charge in [-0.1, -0.05) is 17.7 Å². The number of nitrogens with one attached hydrogen (secondary N) is 1. The van der Waals surface area contributed by atoms with Crippen LogP contribution in [-0.2, 0) is 4.74 Å². The number of aromatic nitrogens is 3. The summed E-state index contributed by atoms with van der Waals surface area (Å²) in [5.74, 6) is 1.39. The molecule has 0 aliphatic carbocycles. The van der Waals surface area contributed by atoms with E-state index in [0.29, 0.717) is 36.2 Å². The van der Waals surface area contributed by atoms with Gasteiger partial charge in [0, 0.05) is 24.7 Å². The molecule has 0 saturated carbocycles. The largest absolute Gasteiger partial charge is 0.465 e. The molecular formula is C21H24ClN5O3. The minimum Gasteiger partial charge on any atom is -0.465 e. The molecule has 30 heavy (non-hydrogen) atoms. The number of hydrogen-bond donors (Lipinski definition) is 1. The Hall–Kier alpha value is -2.68. The number of halogens is 1. The van der Waals surface area contributed by atoms with E-state index in [0.717, 1.165) is 24.6 Å². The number of rotatable bonds is 6. The van der Waals surface area contributed by atoms with Gasteiger partial charge in [0.2, 0.25) is 0 Å². The van der Waals surface area contributed by atoms with Gasteiger partial charge in [0.25, 0.3) is 5.91 Å². The Labute approximate surface area is 179 Å². The highest BCUT2D eigenvalue weighted by molar-refractivity contribution is 6.30. The van der Waals surface area contributed by atoms with E-state index >= 15 is 0 Å². The van der Waals surface area contributed by atoms with Crippen molar-refractivity contribution in [2.75, 3.05) is 32.8 Å². The third-order valence-corrected chi connectivity index (χ3v) is 5.30. The van der Waals surface area contributed by atoms with Crippen molar-refractivity contribution in [1.82, 2.24) is 25.2 Å². The lowest BCUT2D eigenvalue weighted by molar-refractivity contribution is 0.0116. The molecule has 1 aliphatic heterocycles. The zero-order valence-corrected chi connectivity index (χ0v) is 17.7. The van der Waals surface area contributed by atoms with Gasteiger partial charge in [-0.3, -0.25) is 9.69 Å². The summed E-state index contributed by atoms with van der Waals surface area (Å²) in [6.07, 6.45) is 0. The molecular weight excluding hydrogens is 406 g/mol. The van der Waals surface area contributed by atoms with Gasteiger partial charge in [-0.2, -0.15) is 9.90 Å². The van der Waals surface area contributed by atoms with E-state index in [1.165, 1.54) is 4.80 Å². The Morgan fingerprint density at radius 1 is 1.20 bits per heavy atom. The first-order chi connectivity index (χ1) is 14.5. The second kappa shape index (κ2) is 8.99. The zero-order valence-electron chi connectivity index (χ0n) is 17.0. The highest BCUT2D eigenvalue weighted by atomic mass is 35.5. The third kappa shape index (κ3) is 4.56. The number of hydrogen-bond acceptors (Lipinski definition) is 6. The van der Waals surface area contributed by atoms with Gasteiger partial charge < -0.3 is 14.5 Å². The number of furan rings is 1. The number of carbonyl (C=O) groups is 1. The van der Waals surface area contributed by atoms with Gasteiger partial charge in [0.1, 0.15) is 11.5 Å². The van der Waals surface area contributed by atoms with Gasteiger partial charge in [0.15, 0.2) is 5.69 Å². The van der Waals surface area contributed by atoms with E-state index in [9.17, 15) is 4.79 Å². The van der Waals surface area contributed by atoms with E-state index < -0.39 is 0 Å². The monoisotopic (exact) mass is 429 g/mol. The van der Waals surface area contributed by atoms with Crippen molar-refractivity contribution >= 4 is 17.5 Å². The van der Waals surface area contributed by atoms with Crippen LogP contribution in [0.2, 0.25) is 5.02 Å². The first-order valence-electron chi connectivity index (χ1n) is 9.87. The van der Waals surface area contributed by atoms with Crippen molar-refractivity contribution in [1.29, 1.82) is 0 Å². The number of aryl methyl sites for hydroxylation is 2. The zero-order chi connectivity index (χ0) is 21.1. The molecule has 8 nitrogen and oxygen atoms in total. The molecule has 1 aromatic carbocycles. The first-order valence-corrected chi connectivity index (χ1v) is 10.3. The maximum atomic E-state index is 12.9. The second-order valence-electron chi connectivity index (χ2n) is 7.23. The first kappa shape index (κ1) is 20.6. The van der Waals surface area contributed by atoms with Crippen LogP contribution in [0.5, 0.6) is 0 Å². The normalized spacial score (nSPS) is 15.8. The average molecular weight is 430 g/mol. The van der Waals surface area contributed by atoms with E-state index in [-0.39, 0.29) is 17.6 Å². The molecule has 1 atom stereocenters. The van der Waals surface area contributed by atoms with Gasteiger partial charge in [-0.25, -0.2) is 0 Å². The minimum atomic E-state index is -0.276. The molecule has 158 valence electrons. The molecule has 3 heterocycles. The van der Waals surface area contributed by atoms with Crippen molar-refractivity contribution in [3.63, 3.8) is 0 Å². The molecule has 2 aromatic heterocycles. The summed E-state index contributed by atoms with van der Waals surface area (Å²) in [5.41, 5.74) is 1.53. The van der Waals surface area contributed by atoms with Crippen molar-refractivity contribution in [2.45, 2.75) is 19.9 Å². The Bertz CT molecular complexity index is 1030. The Morgan fingerprint density at radius 3 is 2.70 bits per heavy atom. The molecule has 1 fully saturated rings. The SMILES string of the molecule is Cc1ccc(C(CNC(=O)c2nn(-c3cccc(Cl)c3)nc2C)N2CCOCC2)o1. The van der Waals surface area contributed by atoms with E-state index in [4.69, 9.17) is 20.8 Å². The predicted octanol–water partition coefficient (Wildman–Crippen LogP) is 2.93. The minimum absolute atomic E-state index is 0.0742. The molecule has 1 saturated heterocycles. The van der Waals surface area contributed by atoms with E-state index in [1.807, 2.05) is 31.2 Å². The number of amides is 1. The van der Waals surface area contributed by atoms with Gasteiger partial charge in [-0.05, 0) is 44.2 Å². The fraction of sp³-hybridized carbons (Fsp3) is 0.381. The maximum absolute atomic E-state index is 12.9. The Kier molecular flexibility index (Phi) is 6.17. The molecule has 1 unspecified atom stereocenters. The van der Waals surface area contributed by atoms with Crippen LogP contribution >= 0.6 is 11.6 Å². The van der Waals surface area contributed by atoms with Crippen LogP contribution in [0.3, 0.4) is 0 Å². The number of nitrogens with zero attached hydrogens (tertiary/aromatic N) is 4. The molecule has 0 bridgehead atoms. The quantitative estimate of drug-likeness (QED) is 0.648. The molecule has 1 N–H and O–H groups in total. The summed E-state index contributed by atoms with van der Waals surface area (Å²) in [7, 11) is 0. The molecule has 1 amide bonds. The highest BCUT2D eigenvalue weighted by Gasteiger charge is 2.26. The molecule has 0 radical (unpaired) electrons. The van der Waals surface area contributed by atoms with Crippen LogP contribution in [0.4, 0.5) is 0 Å². The van der Waals surface area contributed by atoms with Crippen LogP contribution in [0.25, 0.3) is 5.69 Å². The van der Waals surface area contributed by atoms with Crippen molar-refractivity contribution in [3.05, 3.63) is 64.3 Å². The lowest BCUT2D eigenvalue weighted by Crippen LogP contribution is -2.43. The summed E-state index contributed by atoms with van der Waals surface area (Å²) in [6.45, 7) is 6.96. The fourth-order valence-electron chi connectivity index (χ4n) is 3.51. The second-order valence-corrected chi connectivity index (χ2v) is 7.66. The van der Waals surface area contributed by atoms with Crippen molar-refractivity contribution < 1.29 is 13.9 Å². The van der Waals surface area contributed by atoms with Crippen LogP contribution < -0.4 is 5.32 Å². The Balaban J connectivity index is 1.49. The van der Waals surface area contributed by atoms with Crippen LogP contribution in [0.15, 0.2) is 40.8 Å². The van der Waals surface area contributed by atoms with Crippen molar-refractivity contribution in [2.24, 2.45) is 0 Å². The van der Waals surface area contributed by atoms with Crippen LogP contribution in [0.1, 0.15) is 33.7 Å². The number of morpholine rings is 1. The standard InChI is InChI=1S/C21H24ClN5O3/c1-14-6-7-19(30-14)18(26-8-10-29-11-9-26)13-23-21(28)20-15(2)24-27(25-20)17-5-3-4-16(22)12-17/h3-7,12,18H,8-11,13H2,1-2H3,(H,23,28). The molecule has 1 aliphatic rings. The predicted molar refractivity (Wildman–Crippen MR) is 112 cm³/mol. The van der Waals surface area contributed by atoms with E-state index in [2.05, 4.69) is 20.4 Å². The lowest BCUT2D eigenvalue weighted by atomic mass is 10.1. The summed E-state index contributed by atoms with van der Waals surface area (Å²) in [4.78, 5) is 16.6. The third-order valence-electron chi connectivity index (χ3n) is 5.07.